The molecule has 1 unspecified atom stereocenters. The van der Waals surface area contributed by atoms with E-state index < -0.39 is 0 Å². The first-order chi connectivity index (χ1) is 8.70. The monoisotopic (exact) mass is 268 g/mol. The quantitative estimate of drug-likeness (QED) is 0.828. The van der Waals surface area contributed by atoms with Crippen molar-refractivity contribution in [3.8, 4) is 0 Å². The fourth-order valence-corrected chi connectivity index (χ4v) is 2.78. The third kappa shape index (κ3) is 3.31. The Balaban J connectivity index is 1.79. The molecule has 1 aromatic heterocycles. The van der Waals surface area contributed by atoms with Gasteiger partial charge in [0.25, 0.3) is 5.91 Å². The number of amides is 1. The molecule has 1 fully saturated rings. The SMILES string of the molecule is COC(C)C(=O)N1CCN(Cc2ccsc2)CC1. The Morgan fingerprint density at radius 1 is 1.44 bits per heavy atom. The molecule has 1 aromatic rings. The van der Waals surface area contributed by atoms with Gasteiger partial charge < -0.3 is 9.64 Å². The zero-order valence-corrected chi connectivity index (χ0v) is 11.8. The first-order valence-corrected chi connectivity index (χ1v) is 7.20. The van der Waals surface area contributed by atoms with E-state index in [4.69, 9.17) is 4.74 Å². The molecule has 0 aliphatic carbocycles. The third-order valence-corrected chi connectivity index (χ3v) is 4.10. The predicted molar refractivity (Wildman–Crippen MR) is 72.6 cm³/mol. The van der Waals surface area contributed by atoms with Gasteiger partial charge in [-0.05, 0) is 29.3 Å². The number of rotatable bonds is 4. The van der Waals surface area contributed by atoms with Gasteiger partial charge >= 0.3 is 0 Å². The highest BCUT2D eigenvalue weighted by molar-refractivity contribution is 7.07. The summed E-state index contributed by atoms with van der Waals surface area (Å²) in [5, 5.41) is 4.29. The van der Waals surface area contributed by atoms with Crippen LogP contribution < -0.4 is 0 Å². The normalized spacial score (nSPS) is 18.9. The van der Waals surface area contributed by atoms with Crippen molar-refractivity contribution in [1.82, 2.24) is 9.80 Å². The molecule has 1 atom stereocenters. The molecular weight excluding hydrogens is 248 g/mol. The van der Waals surface area contributed by atoms with E-state index in [2.05, 4.69) is 21.7 Å². The van der Waals surface area contributed by atoms with E-state index in [1.807, 2.05) is 4.90 Å². The van der Waals surface area contributed by atoms with E-state index in [1.54, 1.807) is 25.4 Å². The maximum Gasteiger partial charge on any atom is 0.251 e. The lowest BCUT2D eigenvalue weighted by Gasteiger charge is -2.35. The van der Waals surface area contributed by atoms with Crippen molar-refractivity contribution in [2.24, 2.45) is 0 Å². The molecule has 1 saturated heterocycles. The lowest BCUT2D eigenvalue weighted by atomic mass is 10.2. The Morgan fingerprint density at radius 2 is 2.17 bits per heavy atom. The van der Waals surface area contributed by atoms with Gasteiger partial charge in [-0.15, -0.1) is 0 Å². The fourth-order valence-electron chi connectivity index (χ4n) is 2.13. The van der Waals surface area contributed by atoms with Crippen LogP contribution in [0.4, 0.5) is 0 Å². The van der Waals surface area contributed by atoms with Crippen LogP contribution in [0.25, 0.3) is 0 Å². The summed E-state index contributed by atoms with van der Waals surface area (Å²) in [5.41, 5.74) is 1.37. The second-order valence-corrected chi connectivity index (χ2v) is 5.39. The molecule has 100 valence electrons. The van der Waals surface area contributed by atoms with Crippen LogP contribution in [0, 0.1) is 0 Å². The van der Waals surface area contributed by atoms with Crippen molar-refractivity contribution in [3.63, 3.8) is 0 Å². The second kappa shape index (κ2) is 6.31. The number of methoxy groups -OCH3 is 1. The van der Waals surface area contributed by atoms with Gasteiger partial charge in [0, 0.05) is 39.8 Å². The maximum atomic E-state index is 11.9. The molecule has 1 aliphatic heterocycles. The highest BCUT2D eigenvalue weighted by Crippen LogP contribution is 2.12. The van der Waals surface area contributed by atoms with Crippen LogP contribution in [-0.4, -0.2) is 55.1 Å². The number of hydrogen-bond acceptors (Lipinski definition) is 4. The number of piperazine rings is 1. The summed E-state index contributed by atoms with van der Waals surface area (Å²) < 4.78 is 5.07. The second-order valence-electron chi connectivity index (χ2n) is 4.61. The molecule has 0 bridgehead atoms. The molecule has 2 heterocycles. The van der Waals surface area contributed by atoms with Gasteiger partial charge in [0.05, 0.1) is 0 Å². The Kier molecular flexibility index (Phi) is 4.74. The Hall–Kier alpha value is -0.910. The molecule has 4 nitrogen and oxygen atoms in total. The van der Waals surface area contributed by atoms with Crippen molar-refractivity contribution < 1.29 is 9.53 Å². The number of carbonyl (C=O) groups is 1. The molecule has 2 rings (SSSR count). The van der Waals surface area contributed by atoms with E-state index in [9.17, 15) is 4.79 Å². The summed E-state index contributed by atoms with van der Waals surface area (Å²) in [6.45, 7) is 6.29. The minimum Gasteiger partial charge on any atom is -0.372 e. The first-order valence-electron chi connectivity index (χ1n) is 6.25. The van der Waals surface area contributed by atoms with E-state index in [1.165, 1.54) is 5.56 Å². The average molecular weight is 268 g/mol. The number of hydrogen-bond donors (Lipinski definition) is 0. The van der Waals surface area contributed by atoms with Crippen molar-refractivity contribution in [1.29, 1.82) is 0 Å². The van der Waals surface area contributed by atoms with Gasteiger partial charge in [-0.25, -0.2) is 0 Å². The summed E-state index contributed by atoms with van der Waals surface area (Å²) in [6.07, 6.45) is -0.326. The zero-order chi connectivity index (χ0) is 13.0. The minimum atomic E-state index is -0.326. The van der Waals surface area contributed by atoms with Gasteiger partial charge in [-0.1, -0.05) is 0 Å². The van der Waals surface area contributed by atoms with E-state index in [0.717, 1.165) is 32.7 Å². The topological polar surface area (TPSA) is 32.8 Å². The molecule has 1 aliphatic rings. The Labute approximate surface area is 112 Å². The predicted octanol–water partition coefficient (Wildman–Crippen LogP) is 1.43. The molecule has 0 aromatic carbocycles. The third-order valence-electron chi connectivity index (χ3n) is 3.37. The van der Waals surface area contributed by atoms with Crippen molar-refractivity contribution in [2.75, 3.05) is 33.3 Å². The molecule has 18 heavy (non-hydrogen) atoms. The van der Waals surface area contributed by atoms with Crippen LogP contribution in [0.5, 0.6) is 0 Å². The molecule has 1 amide bonds. The van der Waals surface area contributed by atoms with E-state index >= 15 is 0 Å². The average Bonchev–Trinajstić information content (AvgIpc) is 2.91. The molecule has 5 heteroatoms. The first kappa shape index (κ1) is 13.5. The fraction of sp³-hybridized carbons (Fsp3) is 0.615. The van der Waals surface area contributed by atoms with Gasteiger partial charge in [0.15, 0.2) is 0 Å². The molecule has 0 radical (unpaired) electrons. The van der Waals surface area contributed by atoms with Crippen LogP contribution in [0.3, 0.4) is 0 Å². The summed E-state index contributed by atoms with van der Waals surface area (Å²) >= 11 is 1.73. The highest BCUT2D eigenvalue weighted by Gasteiger charge is 2.24. The summed E-state index contributed by atoms with van der Waals surface area (Å²) in [5.74, 6) is 0.104. The lowest BCUT2D eigenvalue weighted by molar-refractivity contribution is -0.142. The van der Waals surface area contributed by atoms with Gasteiger partial charge in [-0.3, -0.25) is 9.69 Å². The van der Waals surface area contributed by atoms with Crippen LogP contribution in [0.1, 0.15) is 12.5 Å². The van der Waals surface area contributed by atoms with Crippen molar-refractivity contribution in [2.45, 2.75) is 19.6 Å². The molecule has 0 spiro atoms. The van der Waals surface area contributed by atoms with Crippen LogP contribution in [-0.2, 0) is 16.1 Å². The number of ether oxygens (including phenoxy) is 1. The summed E-state index contributed by atoms with van der Waals surface area (Å²) in [6, 6.07) is 2.16. The van der Waals surface area contributed by atoms with Gasteiger partial charge in [0.1, 0.15) is 6.10 Å². The summed E-state index contributed by atoms with van der Waals surface area (Å²) in [7, 11) is 1.58. The molecule has 0 saturated carbocycles. The zero-order valence-electron chi connectivity index (χ0n) is 11.0. The van der Waals surface area contributed by atoms with Gasteiger partial charge in [0.2, 0.25) is 0 Å². The maximum absolute atomic E-state index is 11.9. The molecular formula is C13H20N2O2S. The number of thiophene rings is 1. The standard InChI is InChI=1S/C13H20N2O2S/c1-11(17-2)13(16)15-6-4-14(5-7-15)9-12-3-8-18-10-12/h3,8,10-11H,4-7,9H2,1-2H3. The Morgan fingerprint density at radius 3 is 2.72 bits per heavy atom. The van der Waals surface area contributed by atoms with Gasteiger partial charge in [-0.2, -0.15) is 11.3 Å². The number of carbonyl (C=O) groups excluding carboxylic acids is 1. The highest BCUT2D eigenvalue weighted by atomic mass is 32.1. The van der Waals surface area contributed by atoms with Crippen molar-refractivity contribution in [3.05, 3.63) is 22.4 Å². The van der Waals surface area contributed by atoms with Crippen LogP contribution in [0.2, 0.25) is 0 Å². The van der Waals surface area contributed by atoms with E-state index in [-0.39, 0.29) is 12.0 Å². The minimum absolute atomic E-state index is 0.104. The van der Waals surface area contributed by atoms with Crippen LogP contribution >= 0.6 is 11.3 Å². The Bertz CT molecular complexity index is 372. The summed E-state index contributed by atoms with van der Waals surface area (Å²) in [4.78, 5) is 16.2. The smallest absolute Gasteiger partial charge is 0.251 e. The van der Waals surface area contributed by atoms with Crippen molar-refractivity contribution >= 4 is 17.2 Å². The van der Waals surface area contributed by atoms with Crippen LogP contribution in [0.15, 0.2) is 16.8 Å². The number of nitrogens with zero attached hydrogens (tertiary/aromatic N) is 2. The lowest BCUT2D eigenvalue weighted by Crippen LogP contribution is -2.50. The van der Waals surface area contributed by atoms with E-state index in [0.29, 0.717) is 0 Å². The molecule has 0 N–H and O–H groups in total. The largest absolute Gasteiger partial charge is 0.372 e.